The molecule has 8 heteroatoms. The number of nitrogens with one attached hydrogen (secondary N) is 1. The van der Waals surface area contributed by atoms with Crippen LogP contribution >= 0.6 is 22.9 Å². The number of aromatic nitrogens is 1. The average molecular weight is 469 g/mol. The summed E-state index contributed by atoms with van der Waals surface area (Å²) in [4.78, 5) is 18.3. The lowest BCUT2D eigenvalue weighted by Gasteiger charge is -2.05. The van der Waals surface area contributed by atoms with Crippen LogP contribution < -0.4 is 5.32 Å². The fraction of sp³-hybridized carbons (Fsp3) is 0.130. The van der Waals surface area contributed by atoms with Crippen molar-refractivity contribution < 1.29 is 13.2 Å². The molecule has 0 unspecified atom stereocenters. The molecule has 1 aliphatic carbocycles. The standard InChI is InChI=1S/C23H17ClN2O3S2/c24-15-9-11-16(12-10-15)31(28,29)13-3-8-19(27)25-23-26-21-17-6-1-4-14-5-2-7-18(20(14)17)22(21)30-23/h1-2,4-7,9-12H,3,8,13H2,(H,25,26,27). The molecule has 0 radical (unpaired) electrons. The monoisotopic (exact) mass is 468 g/mol. The van der Waals surface area contributed by atoms with E-state index in [0.717, 1.165) is 21.7 Å². The number of carbonyl (C=O) groups excluding carboxylic acids is 1. The van der Waals surface area contributed by atoms with Crippen molar-refractivity contribution in [3.63, 3.8) is 0 Å². The Morgan fingerprint density at radius 2 is 1.71 bits per heavy atom. The van der Waals surface area contributed by atoms with E-state index in [4.69, 9.17) is 11.6 Å². The Morgan fingerprint density at radius 1 is 1.00 bits per heavy atom. The van der Waals surface area contributed by atoms with Gasteiger partial charge in [0.15, 0.2) is 15.0 Å². The molecule has 0 atom stereocenters. The second kappa shape index (κ2) is 7.75. The first-order valence-electron chi connectivity index (χ1n) is 9.74. The minimum absolute atomic E-state index is 0.100. The molecule has 5 rings (SSSR count). The highest BCUT2D eigenvalue weighted by molar-refractivity contribution is 7.91. The maximum atomic E-state index is 12.4. The topological polar surface area (TPSA) is 76.1 Å². The maximum Gasteiger partial charge on any atom is 0.226 e. The molecule has 31 heavy (non-hydrogen) atoms. The average Bonchev–Trinajstić information content (AvgIpc) is 3.28. The highest BCUT2D eigenvalue weighted by Crippen LogP contribution is 2.50. The highest BCUT2D eigenvalue weighted by atomic mass is 35.5. The van der Waals surface area contributed by atoms with E-state index in [1.54, 1.807) is 12.1 Å². The minimum Gasteiger partial charge on any atom is -0.302 e. The summed E-state index contributed by atoms with van der Waals surface area (Å²) >= 11 is 7.25. The number of hydrogen-bond acceptors (Lipinski definition) is 5. The fourth-order valence-electron chi connectivity index (χ4n) is 3.83. The number of fused-ring (bicyclic) bond motifs is 3. The van der Waals surface area contributed by atoms with Crippen molar-refractivity contribution >= 4 is 54.6 Å². The fourth-order valence-corrected chi connectivity index (χ4v) is 6.29. The quantitative estimate of drug-likeness (QED) is 0.342. The smallest absolute Gasteiger partial charge is 0.226 e. The summed E-state index contributed by atoms with van der Waals surface area (Å²) in [7, 11) is -3.45. The summed E-state index contributed by atoms with van der Waals surface area (Å²) in [5.74, 6) is -0.351. The Morgan fingerprint density at radius 3 is 2.45 bits per heavy atom. The van der Waals surface area contributed by atoms with E-state index in [9.17, 15) is 13.2 Å². The third kappa shape index (κ3) is 3.73. The number of benzene rings is 3. The van der Waals surface area contributed by atoms with Gasteiger partial charge in [-0.25, -0.2) is 13.4 Å². The van der Waals surface area contributed by atoms with Gasteiger partial charge >= 0.3 is 0 Å². The summed E-state index contributed by atoms with van der Waals surface area (Å²) in [6.07, 6.45) is 0.327. The van der Waals surface area contributed by atoms with Crippen LogP contribution in [0, 0.1) is 0 Å². The number of anilines is 1. The zero-order valence-electron chi connectivity index (χ0n) is 16.3. The first kappa shape index (κ1) is 20.2. The molecule has 1 aromatic heterocycles. The van der Waals surface area contributed by atoms with Gasteiger partial charge in [0, 0.05) is 22.6 Å². The predicted molar refractivity (Wildman–Crippen MR) is 125 cm³/mol. The first-order chi connectivity index (χ1) is 14.9. The Bertz CT molecular complexity index is 1370. The van der Waals surface area contributed by atoms with Crippen LogP contribution in [0.2, 0.25) is 5.02 Å². The Balaban J connectivity index is 1.25. The van der Waals surface area contributed by atoms with Gasteiger partial charge in [-0.05, 0) is 41.5 Å². The van der Waals surface area contributed by atoms with Crippen LogP contribution in [0.4, 0.5) is 5.13 Å². The molecule has 5 nitrogen and oxygen atoms in total. The molecule has 0 saturated carbocycles. The zero-order chi connectivity index (χ0) is 21.6. The first-order valence-corrected chi connectivity index (χ1v) is 12.6. The molecule has 1 heterocycles. The lowest BCUT2D eigenvalue weighted by Crippen LogP contribution is -2.14. The Labute approximate surface area is 188 Å². The maximum absolute atomic E-state index is 12.4. The number of carbonyl (C=O) groups is 1. The van der Waals surface area contributed by atoms with E-state index >= 15 is 0 Å². The normalized spacial score (nSPS) is 12.2. The van der Waals surface area contributed by atoms with Crippen molar-refractivity contribution in [3.8, 4) is 21.7 Å². The van der Waals surface area contributed by atoms with Gasteiger partial charge in [-0.15, -0.1) is 0 Å². The third-order valence-electron chi connectivity index (χ3n) is 5.27. The number of rotatable bonds is 6. The third-order valence-corrected chi connectivity index (χ3v) is 8.34. The number of amides is 1. The summed E-state index contributed by atoms with van der Waals surface area (Å²) in [6, 6.07) is 18.4. The molecular formula is C23H17ClN2O3S2. The molecule has 0 aliphatic heterocycles. The van der Waals surface area contributed by atoms with Gasteiger partial charge in [0.25, 0.3) is 0 Å². The minimum atomic E-state index is -3.45. The van der Waals surface area contributed by atoms with Crippen LogP contribution in [0.5, 0.6) is 0 Å². The predicted octanol–water partition coefficient (Wildman–Crippen LogP) is 5.79. The Kier molecular flexibility index (Phi) is 5.04. The molecule has 0 spiro atoms. The van der Waals surface area contributed by atoms with Gasteiger partial charge in [-0.1, -0.05) is 59.3 Å². The highest BCUT2D eigenvalue weighted by Gasteiger charge is 2.26. The molecule has 4 aromatic rings. The largest absolute Gasteiger partial charge is 0.302 e. The lowest BCUT2D eigenvalue weighted by atomic mass is 10.0. The molecule has 156 valence electrons. The van der Waals surface area contributed by atoms with E-state index in [1.165, 1.54) is 34.2 Å². The number of hydrogen-bond donors (Lipinski definition) is 1. The zero-order valence-corrected chi connectivity index (χ0v) is 18.7. The Hall–Kier alpha value is -2.74. The van der Waals surface area contributed by atoms with Crippen LogP contribution in [-0.4, -0.2) is 25.1 Å². The van der Waals surface area contributed by atoms with Crippen molar-refractivity contribution in [2.24, 2.45) is 0 Å². The van der Waals surface area contributed by atoms with Crippen molar-refractivity contribution in [2.45, 2.75) is 17.7 Å². The van der Waals surface area contributed by atoms with E-state index in [-0.39, 0.29) is 29.4 Å². The molecule has 0 fully saturated rings. The van der Waals surface area contributed by atoms with Crippen LogP contribution in [0.3, 0.4) is 0 Å². The van der Waals surface area contributed by atoms with E-state index in [0.29, 0.717) is 10.2 Å². The molecule has 1 aliphatic rings. The SMILES string of the molecule is O=C(CCCS(=O)(=O)c1ccc(Cl)cc1)Nc1nc2c(s1)-c1cccc3cccc-2c13. The van der Waals surface area contributed by atoms with Crippen LogP contribution in [0.25, 0.3) is 32.5 Å². The second-order valence-electron chi connectivity index (χ2n) is 7.33. The molecule has 1 N–H and O–H groups in total. The van der Waals surface area contributed by atoms with Crippen LogP contribution in [-0.2, 0) is 14.6 Å². The van der Waals surface area contributed by atoms with E-state index in [1.807, 2.05) is 18.2 Å². The molecule has 0 saturated heterocycles. The van der Waals surface area contributed by atoms with Gasteiger partial charge in [0.1, 0.15) is 0 Å². The molecular weight excluding hydrogens is 452 g/mol. The van der Waals surface area contributed by atoms with Crippen molar-refractivity contribution in [2.75, 3.05) is 11.1 Å². The number of thiazole rings is 1. The molecule has 1 amide bonds. The lowest BCUT2D eigenvalue weighted by molar-refractivity contribution is -0.116. The summed E-state index contributed by atoms with van der Waals surface area (Å²) in [5, 5.41) is 6.20. The van der Waals surface area contributed by atoms with Crippen molar-refractivity contribution in [1.82, 2.24) is 4.98 Å². The number of halogens is 1. The van der Waals surface area contributed by atoms with Crippen LogP contribution in [0.1, 0.15) is 12.8 Å². The van der Waals surface area contributed by atoms with Gasteiger partial charge in [0.05, 0.1) is 21.2 Å². The second-order valence-corrected chi connectivity index (χ2v) is 10.9. The van der Waals surface area contributed by atoms with Gasteiger partial charge < -0.3 is 5.32 Å². The van der Waals surface area contributed by atoms with Gasteiger partial charge in [-0.3, -0.25) is 4.79 Å². The number of sulfone groups is 1. The van der Waals surface area contributed by atoms with Crippen molar-refractivity contribution in [3.05, 3.63) is 65.7 Å². The summed E-state index contributed by atoms with van der Waals surface area (Å²) in [6.45, 7) is 0. The van der Waals surface area contributed by atoms with Crippen molar-refractivity contribution in [1.29, 1.82) is 0 Å². The summed E-state index contributed by atoms with van der Waals surface area (Å²) < 4.78 is 24.8. The number of nitrogens with zero attached hydrogens (tertiary/aromatic N) is 1. The van der Waals surface area contributed by atoms with Crippen LogP contribution in [0.15, 0.2) is 65.6 Å². The molecule has 0 bridgehead atoms. The summed E-state index contributed by atoms with van der Waals surface area (Å²) in [5.41, 5.74) is 3.10. The van der Waals surface area contributed by atoms with E-state index in [2.05, 4.69) is 28.5 Å². The van der Waals surface area contributed by atoms with Gasteiger partial charge in [-0.2, -0.15) is 0 Å². The van der Waals surface area contributed by atoms with Gasteiger partial charge in [0.2, 0.25) is 5.91 Å². The van der Waals surface area contributed by atoms with E-state index < -0.39 is 9.84 Å². The molecule has 3 aromatic carbocycles.